The number of halogens is 2. The molecule has 0 atom stereocenters. The summed E-state index contributed by atoms with van der Waals surface area (Å²) in [5.74, 6) is -1.26. The van der Waals surface area contributed by atoms with Gasteiger partial charge in [-0.15, -0.1) is 0 Å². The second-order valence-electron chi connectivity index (χ2n) is 4.12. The maximum Gasteiger partial charge on any atom is 0.341 e. The molecule has 0 aliphatic rings. The molecule has 0 amide bonds. The van der Waals surface area contributed by atoms with Gasteiger partial charge in [0.15, 0.2) is 5.43 Å². The molecular formula is C14H11Cl2NO3. The van der Waals surface area contributed by atoms with E-state index in [1.165, 1.54) is 12.3 Å². The van der Waals surface area contributed by atoms with E-state index in [9.17, 15) is 9.59 Å². The topological polar surface area (TPSA) is 59.3 Å². The van der Waals surface area contributed by atoms with Crippen LogP contribution in [-0.2, 0) is 6.54 Å². The van der Waals surface area contributed by atoms with Gasteiger partial charge in [0.1, 0.15) is 5.56 Å². The molecule has 4 nitrogen and oxygen atoms in total. The standard InChI is InChI=1S/C14H11Cl2NO3/c1-2-17-7-8(14(19)20)12(18)6-11(17)13-9(15)4-3-5-10(13)16/h3-7H,2H2,1H3,(H,19,20). The van der Waals surface area contributed by atoms with E-state index >= 15 is 0 Å². The van der Waals surface area contributed by atoms with Gasteiger partial charge in [0.25, 0.3) is 0 Å². The van der Waals surface area contributed by atoms with Crippen LogP contribution < -0.4 is 5.43 Å². The Hall–Kier alpha value is -1.78. The van der Waals surface area contributed by atoms with Crippen molar-refractivity contribution < 1.29 is 9.90 Å². The Morgan fingerprint density at radius 3 is 2.40 bits per heavy atom. The van der Waals surface area contributed by atoms with Crippen LogP contribution in [0.25, 0.3) is 11.3 Å². The quantitative estimate of drug-likeness (QED) is 0.943. The second kappa shape index (κ2) is 5.69. The van der Waals surface area contributed by atoms with E-state index in [0.717, 1.165) is 0 Å². The van der Waals surface area contributed by atoms with Crippen LogP contribution in [-0.4, -0.2) is 15.6 Å². The summed E-state index contributed by atoms with van der Waals surface area (Å²) in [6.07, 6.45) is 1.31. The number of carbonyl (C=O) groups is 1. The molecule has 2 rings (SSSR count). The first-order chi connectivity index (χ1) is 9.45. The normalized spacial score (nSPS) is 10.6. The zero-order chi connectivity index (χ0) is 14.9. The first-order valence-corrected chi connectivity index (χ1v) is 6.63. The lowest BCUT2D eigenvalue weighted by atomic mass is 10.1. The van der Waals surface area contributed by atoms with Gasteiger partial charge in [-0.1, -0.05) is 29.3 Å². The first kappa shape index (κ1) is 14.6. The number of hydrogen-bond acceptors (Lipinski definition) is 2. The molecule has 0 radical (unpaired) electrons. The van der Waals surface area contributed by atoms with Gasteiger partial charge >= 0.3 is 5.97 Å². The monoisotopic (exact) mass is 311 g/mol. The molecule has 0 aliphatic heterocycles. The molecule has 6 heteroatoms. The van der Waals surface area contributed by atoms with Crippen molar-refractivity contribution in [1.29, 1.82) is 0 Å². The third-order valence-corrected chi connectivity index (χ3v) is 3.55. The number of aromatic nitrogens is 1. The van der Waals surface area contributed by atoms with Crippen LogP contribution in [0.1, 0.15) is 17.3 Å². The van der Waals surface area contributed by atoms with E-state index in [4.69, 9.17) is 28.3 Å². The van der Waals surface area contributed by atoms with Crippen LogP contribution in [0.15, 0.2) is 35.3 Å². The van der Waals surface area contributed by atoms with Gasteiger partial charge in [-0.3, -0.25) is 4.79 Å². The van der Waals surface area contributed by atoms with Crippen LogP contribution in [0.2, 0.25) is 10.0 Å². The van der Waals surface area contributed by atoms with Crippen molar-refractivity contribution in [1.82, 2.24) is 4.57 Å². The average Bonchev–Trinajstić information content (AvgIpc) is 2.38. The minimum atomic E-state index is -1.26. The van der Waals surface area contributed by atoms with Crippen LogP contribution >= 0.6 is 23.2 Å². The minimum Gasteiger partial charge on any atom is -0.477 e. The minimum absolute atomic E-state index is 0.279. The molecule has 0 aliphatic carbocycles. The molecule has 20 heavy (non-hydrogen) atoms. The Morgan fingerprint density at radius 1 is 1.30 bits per heavy atom. The van der Waals surface area contributed by atoms with Gasteiger partial charge in [-0.2, -0.15) is 0 Å². The number of hydrogen-bond donors (Lipinski definition) is 1. The fourth-order valence-corrected chi connectivity index (χ4v) is 2.55. The lowest BCUT2D eigenvalue weighted by molar-refractivity contribution is 0.0694. The van der Waals surface area contributed by atoms with Gasteiger partial charge < -0.3 is 9.67 Å². The third-order valence-electron chi connectivity index (χ3n) is 2.92. The molecule has 0 unspecified atom stereocenters. The number of pyridine rings is 1. The highest BCUT2D eigenvalue weighted by atomic mass is 35.5. The third kappa shape index (κ3) is 2.57. The lowest BCUT2D eigenvalue weighted by Gasteiger charge is -2.14. The zero-order valence-electron chi connectivity index (χ0n) is 10.6. The largest absolute Gasteiger partial charge is 0.477 e. The number of carboxylic acids is 1. The number of benzene rings is 1. The predicted octanol–water partition coefficient (Wildman–Crippen LogP) is 3.54. The Labute approximate surface area is 125 Å². The highest BCUT2D eigenvalue weighted by Crippen LogP contribution is 2.34. The summed E-state index contributed by atoms with van der Waals surface area (Å²) in [6.45, 7) is 2.32. The molecule has 0 bridgehead atoms. The van der Waals surface area contributed by atoms with Crippen molar-refractivity contribution in [2.24, 2.45) is 0 Å². The van der Waals surface area contributed by atoms with Crippen molar-refractivity contribution in [2.75, 3.05) is 0 Å². The SMILES string of the molecule is CCn1cc(C(=O)O)c(=O)cc1-c1c(Cl)cccc1Cl. The molecule has 1 aromatic carbocycles. The van der Waals surface area contributed by atoms with E-state index in [1.54, 1.807) is 22.8 Å². The molecule has 1 heterocycles. The van der Waals surface area contributed by atoms with E-state index in [2.05, 4.69) is 0 Å². The summed E-state index contributed by atoms with van der Waals surface area (Å²) < 4.78 is 1.64. The van der Waals surface area contributed by atoms with Crippen molar-refractivity contribution in [2.45, 2.75) is 13.5 Å². The molecule has 0 fully saturated rings. The van der Waals surface area contributed by atoms with Crippen molar-refractivity contribution >= 4 is 29.2 Å². The zero-order valence-corrected chi connectivity index (χ0v) is 12.1. The highest BCUT2D eigenvalue weighted by Gasteiger charge is 2.16. The summed E-state index contributed by atoms with van der Waals surface area (Å²) in [6, 6.07) is 6.28. The molecular weight excluding hydrogens is 301 g/mol. The van der Waals surface area contributed by atoms with Crippen LogP contribution in [0.3, 0.4) is 0 Å². The molecule has 2 aromatic rings. The van der Waals surface area contributed by atoms with Gasteiger partial charge in [-0.05, 0) is 19.1 Å². The summed E-state index contributed by atoms with van der Waals surface area (Å²) in [5, 5.41) is 9.80. The molecule has 0 saturated carbocycles. The maximum absolute atomic E-state index is 11.9. The van der Waals surface area contributed by atoms with Gasteiger partial charge in [0.05, 0.1) is 15.7 Å². The number of nitrogens with zero attached hydrogens (tertiary/aromatic N) is 1. The van der Waals surface area contributed by atoms with Crippen molar-refractivity contribution in [3.05, 3.63) is 56.3 Å². The molecule has 0 saturated heterocycles. The van der Waals surface area contributed by atoms with Crippen molar-refractivity contribution in [3.8, 4) is 11.3 Å². The molecule has 0 spiro atoms. The average molecular weight is 312 g/mol. The Kier molecular flexibility index (Phi) is 4.16. The maximum atomic E-state index is 11.9. The molecule has 1 N–H and O–H groups in total. The van der Waals surface area contributed by atoms with E-state index in [-0.39, 0.29) is 5.56 Å². The number of carboxylic acid groups (broad SMARTS) is 1. The van der Waals surface area contributed by atoms with Crippen LogP contribution in [0.4, 0.5) is 0 Å². The number of aryl methyl sites for hydroxylation is 1. The fraction of sp³-hybridized carbons (Fsp3) is 0.143. The first-order valence-electron chi connectivity index (χ1n) is 5.88. The van der Waals surface area contributed by atoms with Gasteiger partial charge in [0.2, 0.25) is 0 Å². The lowest BCUT2D eigenvalue weighted by Crippen LogP contribution is -2.18. The summed E-state index contributed by atoms with van der Waals surface area (Å²) in [7, 11) is 0. The van der Waals surface area contributed by atoms with E-state index in [0.29, 0.717) is 27.8 Å². The summed E-state index contributed by atoms with van der Waals surface area (Å²) >= 11 is 12.3. The molecule has 1 aromatic heterocycles. The number of aromatic carboxylic acids is 1. The van der Waals surface area contributed by atoms with Gasteiger partial charge in [0, 0.05) is 24.4 Å². The van der Waals surface area contributed by atoms with Crippen LogP contribution in [0.5, 0.6) is 0 Å². The Bertz CT molecular complexity index is 717. The predicted molar refractivity (Wildman–Crippen MR) is 78.8 cm³/mol. The Morgan fingerprint density at radius 2 is 1.90 bits per heavy atom. The fourth-order valence-electron chi connectivity index (χ4n) is 1.95. The Balaban J connectivity index is 2.78. The van der Waals surface area contributed by atoms with E-state index < -0.39 is 11.4 Å². The van der Waals surface area contributed by atoms with Crippen molar-refractivity contribution in [3.63, 3.8) is 0 Å². The van der Waals surface area contributed by atoms with Gasteiger partial charge in [-0.25, -0.2) is 4.79 Å². The molecule has 104 valence electrons. The van der Waals surface area contributed by atoms with Crippen LogP contribution in [0, 0.1) is 0 Å². The smallest absolute Gasteiger partial charge is 0.341 e. The second-order valence-corrected chi connectivity index (χ2v) is 4.94. The highest BCUT2D eigenvalue weighted by molar-refractivity contribution is 6.39. The summed E-state index contributed by atoms with van der Waals surface area (Å²) in [4.78, 5) is 22.9. The van der Waals surface area contributed by atoms with E-state index in [1.807, 2.05) is 6.92 Å². The summed E-state index contributed by atoms with van der Waals surface area (Å²) in [5.41, 5.74) is 0.164. The number of rotatable bonds is 3.